The van der Waals surface area contributed by atoms with Crippen LogP contribution in [0.15, 0.2) is 30.3 Å². The van der Waals surface area contributed by atoms with Crippen LogP contribution in [0.1, 0.15) is 42.1 Å². The van der Waals surface area contributed by atoms with E-state index in [4.69, 9.17) is 4.74 Å². The summed E-state index contributed by atoms with van der Waals surface area (Å²) in [7, 11) is 0. The summed E-state index contributed by atoms with van der Waals surface area (Å²) in [6.07, 6.45) is 5.74. The summed E-state index contributed by atoms with van der Waals surface area (Å²) >= 11 is 0. The van der Waals surface area contributed by atoms with Crippen LogP contribution in [0.2, 0.25) is 0 Å². The van der Waals surface area contributed by atoms with Crippen molar-refractivity contribution >= 4 is 11.5 Å². The summed E-state index contributed by atoms with van der Waals surface area (Å²) in [6.45, 7) is 2.24. The number of carbonyl (C=O) groups excluding carboxylic acids is 1. The zero-order valence-electron chi connectivity index (χ0n) is 9.53. The summed E-state index contributed by atoms with van der Waals surface area (Å²) in [4.78, 5) is 11.6. The van der Waals surface area contributed by atoms with Gasteiger partial charge < -0.3 is 4.74 Å². The van der Waals surface area contributed by atoms with E-state index in [9.17, 15) is 4.79 Å². The maximum absolute atomic E-state index is 11.6. The Morgan fingerprint density at radius 1 is 1.44 bits per heavy atom. The third kappa shape index (κ3) is 2.32. The molecule has 1 aliphatic carbocycles. The third-order valence-electron chi connectivity index (χ3n) is 2.79. The first-order valence-electron chi connectivity index (χ1n) is 5.78. The highest BCUT2D eigenvalue weighted by atomic mass is 16.5. The second kappa shape index (κ2) is 4.97. The van der Waals surface area contributed by atoms with Gasteiger partial charge in [-0.05, 0) is 49.5 Å². The highest BCUT2D eigenvalue weighted by Gasteiger charge is 2.10. The maximum atomic E-state index is 11.6. The van der Waals surface area contributed by atoms with Crippen molar-refractivity contribution in [3.05, 3.63) is 41.5 Å². The lowest BCUT2D eigenvalue weighted by Gasteiger charge is -2.05. The Morgan fingerprint density at radius 3 is 3.00 bits per heavy atom. The molecule has 0 aromatic heterocycles. The van der Waals surface area contributed by atoms with Crippen molar-refractivity contribution in [1.29, 1.82) is 0 Å². The molecule has 0 fully saturated rings. The molecule has 2 rings (SSSR count). The molecule has 0 N–H and O–H groups in total. The molecule has 1 aromatic carbocycles. The van der Waals surface area contributed by atoms with Crippen molar-refractivity contribution in [3.63, 3.8) is 0 Å². The molecule has 0 unspecified atom stereocenters. The third-order valence-corrected chi connectivity index (χ3v) is 2.79. The average molecular weight is 216 g/mol. The highest BCUT2D eigenvalue weighted by Crippen LogP contribution is 2.27. The summed E-state index contributed by atoms with van der Waals surface area (Å²) in [5.74, 6) is -0.233. The fraction of sp³-hybridized carbons (Fsp3) is 0.357. The van der Waals surface area contributed by atoms with E-state index in [1.165, 1.54) is 12.0 Å². The van der Waals surface area contributed by atoms with Crippen LogP contribution in [0.3, 0.4) is 0 Å². The first-order chi connectivity index (χ1) is 7.81. The minimum Gasteiger partial charge on any atom is -0.462 e. The minimum atomic E-state index is -0.233. The Hall–Kier alpha value is -1.57. The van der Waals surface area contributed by atoms with Gasteiger partial charge in [-0.25, -0.2) is 4.79 Å². The fourth-order valence-corrected chi connectivity index (χ4v) is 1.99. The van der Waals surface area contributed by atoms with Crippen LogP contribution in [-0.2, 0) is 4.74 Å². The first-order valence-corrected chi connectivity index (χ1v) is 5.78. The number of esters is 1. The van der Waals surface area contributed by atoms with Gasteiger partial charge in [-0.15, -0.1) is 0 Å². The molecular weight excluding hydrogens is 200 g/mol. The number of ether oxygens (including phenoxy) is 1. The van der Waals surface area contributed by atoms with Gasteiger partial charge in [-0.3, -0.25) is 0 Å². The van der Waals surface area contributed by atoms with Gasteiger partial charge in [0, 0.05) is 0 Å². The van der Waals surface area contributed by atoms with Crippen LogP contribution in [-0.4, -0.2) is 12.6 Å². The van der Waals surface area contributed by atoms with E-state index in [0.29, 0.717) is 12.2 Å². The van der Waals surface area contributed by atoms with Gasteiger partial charge in [0.25, 0.3) is 0 Å². The minimum absolute atomic E-state index is 0.233. The van der Waals surface area contributed by atoms with Crippen LogP contribution < -0.4 is 0 Å². The number of hydrogen-bond donors (Lipinski definition) is 0. The van der Waals surface area contributed by atoms with E-state index in [-0.39, 0.29) is 5.97 Å². The molecule has 0 aliphatic heterocycles. The second-order valence-electron chi connectivity index (χ2n) is 3.92. The normalized spacial score (nSPS) is 14.7. The topological polar surface area (TPSA) is 26.3 Å². The van der Waals surface area contributed by atoms with E-state index >= 15 is 0 Å². The highest BCUT2D eigenvalue weighted by molar-refractivity contribution is 5.90. The Morgan fingerprint density at radius 2 is 2.31 bits per heavy atom. The molecular formula is C14H16O2. The van der Waals surface area contributed by atoms with Crippen molar-refractivity contribution in [2.24, 2.45) is 0 Å². The number of benzene rings is 1. The zero-order chi connectivity index (χ0) is 11.4. The van der Waals surface area contributed by atoms with Crippen molar-refractivity contribution in [2.45, 2.75) is 26.2 Å². The van der Waals surface area contributed by atoms with Crippen LogP contribution in [0, 0.1) is 0 Å². The monoisotopic (exact) mass is 216 g/mol. The van der Waals surface area contributed by atoms with Gasteiger partial charge in [0.1, 0.15) is 0 Å². The van der Waals surface area contributed by atoms with Crippen LogP contribution >= 0.6 is 0 Å². The molecule has 2 heteroatoms. The summed E-state index contributed by atoms with van der Waals surface area (Å²) in [5, 5.41) is 0. The molecule has 16 heavy (non-hydrogen) atoms. The predicted octanol–water partition coefficient (Wildman–Crippen LogP) is 3.43. The second-order valence-corrected chi connectivity index (χ2v) is 3.92. The van der Waals surface area contributed by atoms with E-state index in [2.05, 4.69) is 12.1 Å². The van der Waals surface area contributed by atoms with Crippen molar-refractivity contribution in [3.8, 4) is 0 Å². The van der Waals surface area contributed by atoms with Crippen LogP contribution in [0.4, 0.5) is 0 Å². The molecule has 2 nitrogen and oxygen atoms in total. The Labute approximate surface area is 95.9 Å². The smallest absolute Gasteiger partial charge is 0.338 e. The Balaban J connectivity index is 2.22. The number of carbonyl (C=O) groups is 1. The Kier molecular flexibility index (Phi) is 3.40. The average Bonchev–Trinajstić information content (AvgIpc) is 2.83. The predicted molar refractivity (Wildman–Crippen MR) is 64.2 cm³/mol. The molecule has 0 bridgehead atoms. The lowest BCUT2D eigenvalue weighted by atomic mass is 10.0. The van der Waals surface area contributed by atoms with Gasteiger partial charge in [0.15, 0.2) is 0 Å². The summed E-state index contributed by atoms with van der Waals surface area (Å²) < 4.78 is 4.99. The zero-order valence-corrected chi connectivity index (χ0v) is 9.53. The quantitative estimate of drug-likeness (QED) is 0.723. The van der Waals surface area contributed by atoms with Crippen LogP contribution in [0.5, 0.6) is 0 Å². The van der Waals surface area contributed by atoms with E-state index in [1.807, 2.05) is 19.1 Å². The largest absolute Gasteiger partial charge is 0.462 e. The lowest BCUT2D eigenvalue weighted by molar-refractivity contribution is 0.0526. The lowest BCUT2D eigenvalue weighted by Crippen LogP contribution is -2.04. The van der Waals surface area contributed by atoms with Crippen LogP contribution in [0.25, 0.3) is 5.57 Å². The number of rotatable bonds is 3. The molecule has 84 valence electrons. The first kappa shape index (κ1) is 10.9. The van der Waals surface area contributed by atoms with Gasteiger partial charge in [0.2, 0.25) is 0 Å². The molecule has 1 aliphatic rings. The van der Waals surface area contributed by atoms with Gasteiger partial charge in [0.05, 0.1) is 12.2 Å². The van der Waals surface area contributed by atoms with Crippen molar-refractivity contribution < 1.29 is 9.53 Å². The fourth-order valence-electron chi connectivity index (χ4n) is 1.99. The van der Waals surface area contributed by atoms with Gasteiger partial charge in [-0.2, -0.15) is 0 Å². The molecule has 0 radical (unpaired) electrons. The standard InChI is InChI=1S/C14H16O2/c1-2-16-14(15)13-9-5-8-12(10-13)11-6-3-4-7-11/h5-6,8-10H,2-4,7H2,1H3. The molecule has 0 amide bonds. The molecule has 0 atom stereocenters. The van der Waals surface area contributed by atoms with Crippen molar-refractivity contribution in [1.82, 2.24) is 0 Å². The molecule has 0 saturated heterocycles. The van der Waals surface area contributed by atoms with Gasteiger partial charge in [-0.1, -0.05) is 18.2 Å². The number of hydrogen-bond acceptors (Lipinski definition) is 2. The van der Waals surface area contributed by atoms with E-state index in [1.54, 1.807) is 6.07 Å². The molecule has 0 saturated carbocycles. The maximum Gasteiger partial charge on any atom is 0.338 e. The van der Waals surface area contributed by atoms with E-state index < -0.39 is 0 Å². The number of allylic oxidation sites excluding steroid dienone is 2. The van der Waals surface area contributed by atoms with Crippen molar-refractivity contribution in [2.75, 3.05) is 6.61 Å². The molecule has 0 heterocycles. The Bertz CT molecular complexity index is 418. The summed E-state index contributed by atoms with van der Waals surface area (Å²) in [6, 6.07) is 7.70. The van der Waals surface area contributed by atoms with Gasteiger partial charge >= 0.3 is 5.97 Å². The van der Waals surface area contributed by atoms with E-state index in [0.717, 1.165) is 18.4 Å². The SMILES string of the molecule is CCOC(=O)c1cccc(C2=CCCC2)c1. The molecule has 1 aromatic rings. The molecule has 0 spiro atoms. The summed E-state index contributed by atoms with van der Waals surface area (Å²) in [5.41, 5.74) is 3.15.